The fourth-order valence-electron chi connectivity index (χ4n) is 4.84. The highest BCUT2D eigenvalue weighted by molar-refractivity contribution is 6.03. The molecule has 6 rings (SSSR count). The van der Waals surface area contributed by atoms with Gasteiger partial charge in [-0.3, -0.25) is 9.36 Å². The molecule has 1 unspecified atom stereocenters. The molecule has 0 aliphatic carbocycles. The van der Waals surface area contributed by atoms with Crippen molar-refractivity contribution in [2.45, 2.75) is 38.6 Å². The number of carbonyl (C=O) groups excluding carboxylic acids is 1. The Bertz CT molecular complexity index is 1820. The van der Waals surface area contributed by atoms with E-state index in [4.69, 9.17) is 4.74 Å². The standard InChI is InChI=1S/C29H24F4N8O2/c1-16-7-8-17(39-28(42)22-12-19(29(31,32)33)20(30)13-35-22)11-21(16)40-26-18(5-4-9-34-26)24-25-27(37-14-36-24)41(15-38-25)23-6-2-3-10-43-23/h4-5,7-9,11-15,23H,2-3,6,10H2,1H3,(H,34,40)(H,39,42). The highest BCUT2D eigenvalue weighted by atomic mass is 19.4. The Morgan fingerprint density at radius 3 is 2.72 bits per heavy atom. The van der Waals surface area contributed by atoms with Crippen LogP contribution in [0.3, 0.4) is 0 Å². The van der Waals surface area contributed by atoms with Gasteiger partial charge in [-0.2, -0.15) is 13.2 Å². The van der Waals surface area contributed by atoms with Gasteiger partial charge in [0.05, 0.1) is 18.1 Å². The molecule has 220 valence electrons. The predicted octanol–water partition coefficient (Wildman–Crippen LogP) is 6.44. The third kappa shape index (κ3) is 5.73. The number of nitrogens with one attached hydrogen (secondary N) is 2. The number of aryl methyl sites for hydroxylation is 1. The minimum atomic E-state index is -4.97. The number of anilines is 3. The molecule has 2 N–H and O–H groups in total. The van der Waals surface area contributed by atoms with E-state index in [9.17, 15) is 22.4 Å². The Kier molecular flexibility index (Phi) is 7.44. The zero-order valence-corrected chi connectivity index (χ0v) is 22.7. The third-order valence-corrected chi connectivity index (χ3v) is 7.03. The van der Waals surface area contributed by atoms with Crippen LogP contribution in [0.5, 0.6) is 0 Å². The summed E-state index contributed by atoms with van der Waals surface area (Å²) in [5, 5.41) is 5.79. The predicted molar refractivity (Wildman–Crippen MR) is 149 cm³/mol. The molecule has 1 fully saturated rings. The average molecular weight is 593 g/mol. The van der Waals surface area contributed by atoms with Gasteiger partial charge >= 0.3 is 6.18 Å². The van der Waals surface area contributed by atoms with Crippen LogP contribution in [0.1, 0.15) is 47.1 Å². The molecular formula is C29H24F4N8O2. The SMILES string of the molecule is Cc1ccc(NC(=O)c2cc(C(F)(F)F)c(F)cn2)cc1Nc1ncccc1-c1ncnc2c1ncn2C1CCCCO1. The number of hydrogen-bond acceptors (Lipinski definition) is 8. The van der Waals surface area contributed by atoms with Crippen LogP contribution in [-0.4, -0.2) is 42.0 Å². The minimum Gasteiger partial charge on any atom is -0.358 e. The molecule has 0 spiro atoms. The lowest BCUT2D eigenvalue weighted by atomic mass is 10.1. The van der Waals surface area contributed by atoms with Crippen LogP contribution in [-0.2, 0) is 10.9 Å². The molecule has 1 aromatic carbocycles. The van der Waals surface area contributed by atoms with Gasteiger partial charge in [0, 0.05) is 29.7 Å². The molecule has 0 radical (unpaired) electrons. The second kappa shape index (κ2) is 11.4. The average Bonchev–Trinajstić information content (AvgIpc) is 3.44. The molecule has 1 saturated heterocycles. The van der Waals surface area contributed by atoms with Crippen molar-refractivity contribution in [2.24, 2.45) is 0 Å². The second-order valence-corrected chi connectivity index (χ2v) is 9.92. The number of fused-ring (bicyclic) bond motifs is 1. The van der Waals surface area contributed by atoms with E-state index in [0.29, 0.717) is 52.8 Å². The quantitative estimate of drug-likeness (QED) is 0.216. The molecule has 5 heterocycles. The van der Waals surface area contributed by atoms with Crippen LogP contribution >= 0.6 is 0 Å². The fraction of sp³-hybridized carbons (Fsp3) is 0.241. The number of benzene rings is 1. The van der Waals surface area contributed by atoms with Crippen molar-refractivity contribution in [3.8, 4) is 11.3 Å². The molecule has 43 heavy (non-hydrogen) atoms. The molecule has 0 saturated carbocycles. The van der Waals surface area contributed by atoms with Crippen molar-refractivity contribution in [2.75, 3.05) is 17.2 Å². The first kappa shape index (κ1) is 28.2. The number of carbonyl (C=O) groups is 1. The van der Waals surface area contributed by atoms with Crippen molar-refractivity contribution in [3.05, 3.63) is 84.1 Å². The molecule has 1 aliphatic heterocycles. The second-order valence-electron chi connectivity index (χ2n) is 9.92. The van der Waals surface area contributed by atoms with Crippen LogP contribution in [0, 0.1) is 12.7 Å². The minimum absolute atomic E-state index is 0.154. The summed E-state index contributed by atoms with van der Waals surface area (Å²) < 4.78 is 60.8. The first-order valence-electron chi connectivity index (χ1n) is 13.4. The highest BCUT2D eigenvalue weighted by Crippen LogP contribution is 2.35. The van der Waals surface area contributed by atoms with E-state index in [1.165, 1.54) is 6.33 Å². The van der Waals surface area contributed by atoms with E-state index >= 15 is 0 Å². The van der Waals surface area contributed by atoms with E-state index in [1.54, 1.807) is 36.8 Å². The van der Waals surface area contributed by atoms with Crippen LogP contribution in [0.15, 0.2) is 61.4 Å². The number of halogens is 4. The molecule has 1 atom stereocenters. The summed E-state index contributed by atoms with van der Waals surface area (Å²) in [7, 11) is 0. The number of alkyl halides is 3. The van der Waals surface area contributed by atoms with Crippen LogP contribution < -0.4 is 10.6 Å². The lowest BCUT2D eigenvalue weighted by molar-refractivity contribution is -0.140. The van der Waals surface area contributed by atoms with Gasteiger partial charge in [-0.25, -0.2) is 29.3 Å². The van der Waals surface area contributed by atoms with Gasteiger partial charge in [0.1, 0.15) is 35.3 Å². The van der Waals surface area contributed by atoms with Gasteiger partial charge < -0.3 is 15.4 Å². The number of rotatable bonds is 6. The largest absolute Gasteiger partial charge is 0.419 e. The van der Waals surface area contributed by atoms with Crippen molar-refractivity contribution in [1.29, 1.82) is 0 Å². The Morgan fingerprint density at radius 2 is 1.93 bits per heavy atom. The molecule has 14 heteroatoms. The zero-order valence-electron chi connectivity index (χ0n) is 22.7. The normalized spacial score (nSPS) is 15.4. The van der Waals surface area contributed by atoms with E-state index in [0.717, 1.165) is 24.8 Å². The molecule has 10 nitrogen and oxygen atoms in total. The maximum absolute atomic E-state index is 13.6. The molecule has 1 aliphatic rings. The highest BCUT2D eigenvalue weighted by Gasteiger charge is 2.35. The number of amides is 1. The Morgan fingerprint density at radius 1 is 1.07 bits per heavy atom. The summed E-state index contributed by atoms with van der Waals surface area (Å²) in [6, 6.07) is 8.89. The Balaban J connectivity index is 1.28. The molecule has 5 aromatic rings. The van der Waals surface area contributed by atoms with E-state index in [2.05, 4.69) is 35.6 Å². The number of imidazole rings is 1. The summed E-state index contributed by atoms with van der Waals surface area (Å²) >= 11 is 0. The molecule has 1 amide bonds. The smallest absolute Gasteiger partial charge is 0.358 e. The summed E-state index contributed by atoms with van der Waals surface area (Å²) in [5.41, 5.74) is 1.89. The van der Waals surface area contributed by atoms with Gasteiger partial charge in [-0.05, 0) is 62.1 Å². The maximum atomic E-state index is 13.6. The summed E-state index contributed by atoms with van der Waals surface area (Å²) in [4.78, 5) is 34.3. The first-order valence-corrected chi connectivity index (χ1v) is 13.4. The number of nitrogens with zero attached hydrogens (tertiary/aromatic N) is 6. The topological polar surface area (TPSA) is 120 Å². The number of aromatic nitrogens is 6. The molecular weight excluding hydrogens is 568 g/mol. The third-order valence-electron chi connectivity index (χ3n) is 7.03. The lowest BCUT2D eigenvalue weighted by Crippen LogP contribution is -2.17. The van der Waals surface area contributed by atoms with Gasteiger partial charge in [-0.15, -0.1) is 0 Å². The molecule has 0 bridgehead atoms. The monoisotopic (exact) mass is 592 g/mol. The van der Waals surface area contributed by atoms with Crippen LogP contribution in [0.25, 0.3) is 22.4 Å². The van der Waals surface area contributed by atoms with Gasteiger partial charge in [0.2, 0.25) is 0 Å². The number of hydrogen-bond donors (Lipinski definition) is 2. The van der Waals surface area contributed by atoms with Gasteiger partial charge in [0.25, 0.3) is 5.91 Å². The van der Waals surface area contributed by atoms with Gasteiger partial charge in [-0.1, -0.05) is 6.07 Å². The van der Waals surface area contributed by atoms with E-state index in [-0.39, 0.29) is 11.9 Å². The maximum Gasteiger partial charge on any atom is 0.419 e. The molecule has 4 aromatic heterocycles. The number of ether oxygens (including phenoxy) is 1. The summed E-state index contributed by atoms with van der Waals surface area (Å²) in [5.74, 6) is -2.04. The number of pyridine rings is 2. The van der Waals surface area contributed by atoms with Crippen molar-refractivity contribution in [3.63, 3.8) is 0 Å². The van der Waals surface area contributed by atoms with Crippen molar-refractivity contribution < 1.29 is 27.1 Å². The fourth-order valence-corrected chi connectivity index (χ4v) is 4.84. The Labute approximate surface area is 242 Å². The Hall–Kier alpha value is -4.98. The van der Waals surface area contributed by atoms with E-state index < -0.39 is 29.2 Å². The summed E-state index contributed by atoms with van der Waals surface area (Å²) in [6.45, 7) is 2.51. The van der Waals surface area contributed by atoms with Crippen molar-refractivity contribution in [1.82, 2.24) is 29.5 Å². The lowest BCUT2D eigenvalue weighted by Gasteiger charge is -2.23. The summed E-state index contributed by atoms with van der Waals surface area (Å²) in [6.07, 6.45) is 2.94. The van der Waals surface area contributed by atoms with E-state index in [1.807, 2.05) is 17.6 Å². The zero-order chi connectivity index (χ0) is 30.1. The van der Waals surface area contributed by atoms with Gasteiger partial charge in [0.15, 0.2) is 11.5 Å². The van der Waals surface area contributed by atoms with Crippen LogP contribution in [0.4, 0.5) is 34.8 Å². The van der Waals surface area contributed by atoms with Crippen LogP contribution in [0.2, 0.25) is 0 Å². The first-order chi connectivity index (χ1) is 20.7. The van der Waals surface area contributed by atoms with Crippen molar-refractivity contribution >= 4 is 34.3 Å².